The van der Waals surface area contributed by atoms with Crippen LogP contribution in [0.25, 0.3) is 10.1 Å². The summed E-state index contributed by atoms with van der Waals surface area (Å²) in [6.45, 7) is 2.30. The summed E-state index contributed by atoms with van der Waals surface area (Å²) in [5.41, 5.74) is 3.16. The van der Waals surface area contributed by atoms with E-state index in [-0.39, 0.29) is 5.91 Å². The molecule has 0 atom stereocenters. The molecule has 1 amide bonds. The second-order valence-corrected chi connectivity index (χ2v) is 5.78. The van der Waals surface area contributed by atoms with Gasteiger partial charge in [-0.15, -0.1) is 11.3 Å². The molecule has 2 N–H and O–H groups in total. The van der Waals surface area contributed by atoms with Crippen molar-refractivity contribution in [1.29, 1.82) is 0 Å². The van der Waals surface area contributed by atoms with Crippen molar-refractivity contribution in [2.75, 3.05) is 10.6 Å². The van der Waals surface area contributed by atoms with Crippen LogP contribution < -0.4 is 10.6 Å². The molecule has 0 aliphatic rings. The number of nitrogens with one attached hydrogen (secondary N) is 2. The maximum atomic E-state index is 11.0. The van der Waals surface area contributed by atoms with Crippen LogP contribution in [-0.2, 0) is 11.3 Å². The van der Waals surface area contributed by atoms with E-state index in [4.69, 9.17) is 0 Å². The fourth-order valence-corrected chi connectivity index (χ4v) is 3.20. The molecule has 1 aromatic heterocycles. The Morgan fingerprint density at radius 1 is 1.05 bits per heavy atom. The fourth-order valence-electron chi connectivity index (χ4n) is 2.24. The third-order valence-electron chi connectivity index (χ3n) is 3.25. The molecule has 0 fully saturated rings. The number of hydrogen-bond donors (Lipinski definition) is 2. The van der Waals surface area contributed by atoms with Gasteiger partial charge in [0.05, 0.1) is 0 Å². The van der Waals surface area contributed by atoms with E-state index in [1.165, 1.54) is 22.6 Å². The number of amides is 1. The van der Waals surface area contributed by atoms with Crippen molar-refractivity contribution < 1.29 is 4.79 Å². The van der Waals surface area contributed by atoms with Gasteiger partial charge in [0.15, 0.2) is 0 Å². The minimum atomic E-state index is -0.0551. The van der Waals surface area contributed by atoms with Crippen LogP contribution in [0.5, 0.6) is 0 Å². The first kappa shape index (κ1) is 13.6. The number of thiophene rings is 1. The topological polar surface area (TPSA) is 41.1 Å². The highest BCUT2D eigenvalue weighted by molar-refractivity contribution is 7.17. The number of carbonyl (C=O) groups is 1. The zero-order valence-electron chi connectivity index (χ0n) is 11.7. The van der Waals surface area contributed by atoms with E-state index >= 15 is 0 Å². The molecule has 0 saturated carbocycles. The molecule has 0 aliphatic carbocycles. The Hall–Kier alpha value is -2.33. The van der Waals surface area contributed by atoms with E-state index in [1.54, 1.807) is 11.3 Å². The molecule has 106 valence electrons. The van der Waals surface area contributed by atoms with Crippen molar-refractivity contribution in [3.8, 4) is 0 Å². The van der Waals surface area contributed by atoms with Crippen LogP contribution in [-0.4, -0.2) is 5.91 Å². The van der Waals surface area contributed by atoms with Gasteiger partial charge in [-0.2, -0.15) is 0 Å². The minimum absolute atomic E-state index is 0.0551. The van der Waals surface area contributed by atoms with E-state index < -0.39 is 0 Å². The number of anilines is 2. The molecule has 0 bridgehead atoms. The molecule has 0 aliphatic heterocycles. The van der Waals surface area contributed by atoms with Gasteiger partial charge in [0.1, 0.15) is 0 Å². The zero-order valence-corrected chi connectivity index (χ0v) is 12.5. The molecule has 3 nitrogen and oxygen atoms in total. The SMILES string of the molecule is CC(=O)Nc1ccc(NCc2csc3ccccc23)cc1. The first-order valence-corrected chi connectivity index (χ1v) is 7.67. The highest BCUT2D eigenvalue weighted by atomic mass is 32.1. The van der Waals surface area contributed by atoms with E-state index in [0.717, 1.165) is 17.9 Å². The summed E-state index contributed by atoms with van der Waals surface area (Å²) >= 11 is 1.77. The van der Waals surface area contributed by atoms with Crippen LogP contribution >= 0.6 is 11.3 Å². The molecule has 2 aromatic carbocycles. The van der Waals surface area contributed by atoms with Crippen LogP contribution in [0.15, 0.2) is 53.9 Å². The lowest BCUT2D eigenvalue weighted by Crippen LogP contribution is -2.05. The van der Waals surface area contributed by atoms with E-state index in [9.17, 15) is 4.79 Å². The Kier molecular flexibility index (Phi) is 3.88. The average Bonchev–Trinajstić information content (AvgIpc) is 2.89. The molecular formula is C17H16N2OS. The molecular weight excluding hydrogens is 280 g/mol. The third kappa shape index (κ3) is 3.23. The van der Waals surface area contributed by atoms with Crippen molar-refractivity contribution in [3.05, 3.63) is 59.5 Å². The van der Waals surface area contributed by atoms with Gasteiger partial charge in [-0.25, -0.2) is 0 Å². The Labute approximate surface area is 127 Å². The Morgan fingerprint density at radius 3 is 2.52 bits per heavy atom. The summed E-state index contributed by atoms with van der Waals surface area (Å²) in [6, 6.07) is 16.2. The normalized spacial score (nSPS) is 10.5. The van der Waals surface area contributed by atoms with Gasteiger partial charge in [-0.1, -0.05) is 18.2 Å². The summed E-state index contributed by atoms with van der Waals surface area (Å²) in [5.74, 6) is -0.0551. The maximum absolute atomic E-state index is 11.0. The molecule has 21 heavy (non-hydrogen) atoms. The average molecular weight is 296 g/mol. The predicted molar refractivity (Wildman–Crippen MR) is 89.9 cm³/mol. The lowest BCUT2D eigenvalue weighted by molar-refractivity contribution is -0.114. The second-order valence-electron chi connectivity index (χ2n) is 4.87. The molecule has 0 spiro atoms. The number of benzene rings is 2. The van der Waals surface area contributed by atoms with Crippen LogP contribution in [0.1, 0.15) is 12.5 Å². The quantitative estimate of drug-likeness (QED) is 0.745. The Morgan fingerprint density at radius 2 is 1.76 bits per heavy atom. The van der Waals surface area contributed by atoms with E-state index in [0.29, 0.717) is 0 Å². The standard InChI is InChI=1S/C17H16N2OS/c1-12(20)19-15-8-6-14(7-9-15)18-10-13-11-21-17-5-3-2-4-16(13)17/h2-9,11,18H,10H2,1H3,(H,19,20). The summed E-state index contributed by atoms with van der Waals surface area (Å²) in [6.07, 6.45) is 0. The third-order valence-corrected chi connectivity index (χ3v) is 4.26. The highest BCUT2D eigenvalue weighted by Crippen LogP contribution is 2.26. The second kappa shape index (κ2) is 5.97. The molecule has 0 saturated heterocycles. The number of rotatable bonds is 4. The van der Waals surface area contributed by atoms with E-state index in [1.807, 2.05) is 24.3 Å². The van der Waals surface area contributed by atoms with Gasteiger partial charge >= 0.3 is 0 Å². The Balaban J connectivity index is 1.68. The monoisotopic (exact) mass is 296 g/mol. The fraction of sp³-hybridized carbons (Fsp3) is 0.118. The molecule has 1 heterocycles. The van der Waals surface area contributed by atoms with Gasteiger partial charge in [0, 0.05) is 29.5 Å². The van der Waals surface area contributed by atoms with Gasteiger partial charge in [0.25, 0.3) is 0 Å². The van der Waals surface area contributed by atoms with Crippen molar-refractivity contribution in [1.82, 2.24) is 0 Å². The molecule has 0 radical (unpaired) electrons. The van der Waals surface area contributed by atoms with Crippen LogP contribution in [0.4, 0.5) is 11.4 Å². The van der Waals surface area contributed by atoms with Crippen molar-refractivity contribution >= 4 is 38.7 Å². The maximum Gasteiger partial charge on any atom is 0.221 e. The predicted octanol–water partition coefficient (Wildman–Crippen LogP) is 4.47. The zero-order chi connectivity index (χ0) is 14.7. The van der Waals surface area contributed by atoms with Crippen molar-refractivity contribution in [3.63, 3.8) is 0 Å². The summed E-state index contributed by atoms with van der Waals surface area (Å²) in [4.78, 5) is 11.0. The lowest BCUT2D eigenvalue weighted by Gasteiger charge is -2.07. The summed E-state index contributed by atoms with van der Waals surface area (Å²) in [5, 5.41) is 9.68. The number of fused-ring (bicyclic) bond motifs is 1. The van der Waals surface area contributed by atoms with Crippen molar-refractivity contribution in [2.45, 2.75) is 13.5 Å². The number of hydrogen-bond acceptors (Lipinski definition) is 3. The Bertz CT molecular complexity index is 762. The molecule has 3 rings (SSSR count). The summed E-state index contributed by atoms with van der Waals surface area (Å²) in [7, 11) is 0. The van der Waals surface area contributed by atoms with Gasteiger partial charge in [-0.05, 0) is 46.7 Å². The minimum Gasteiger partial charge on any atom is -0.381 e. The van der Waals surface area contributed by atoms with Gasteiger partial charge < -0.3 is 10.6 Å². The van der Waals surface area contributed by atoms with Crippen LogP contribution in [0.2, 0.25) is 0 Å². The van der Waals surface area contributed by atoms with Gasteiger partial charge in [0.2, 0.25) is 5.91 Å². The van der Waals surface area contributed by atoms with Gasteiger partial charge in [-0.3, -0.25) is 4.79 Å². The smallest absolute Gasteiger partial charge is 0.221 e. The molecule has 3 aromatic rings. The number of carbonyl (C=O) groups excluding carboxylic acids is 1. The van der Waals surface area contributed by atoms with Crippen LogP contribution in [0, 0.1) is 0 Å². The largest absolute Gasteiger partial charge is 0.381 e. The summed E-state index contributed by atoms with van der Waals surface area (Å²) < 4.78 is 1.32. The van der Waals surface area contributed by atoms with Crippen LogP contribution in [0.3, 0.4) is 0 Å². The lowest BCUT2D eigenvalue weighted by atomic mass is 10.2. The molecule has 0 unspecified atom stereocenters. The first-order valence-electron chi connectivity index (χ1n) is 6.79. The molecule has 4 heteroatoms. The van der Waals surface area contributed by atoms with Crippen molar-refractivity contribution in [2.24, 2.45) is 0 Å². The van der Waals surface area contributed by atoms with E-state index in [2.05, 4.69) is 40.3 Å². The first-order chi connectivity index (χ1) is 10.2. The highest BCUT2D eigenvalue weighted by Gasteiger charge is 2.03.